The van der Waals surface area contributed by atoms with Crippen LogP contribution < -0.4 is 0 Å². The lowest BCUT2D eigenvalue weighted by atomic mass is 9.73. The zero-order chi connectivity index (χ0) is 22.7. The quantitative estimate of drug-likeness (QED) is 0.293. The molecule has 0 unspecified atom stereocenters. The number of Topliss-reactive ketones (excluding diaryl/α,β-unsaturated/α-hetero) is 2. The Labute approximate surface area is 179 Å². The monoisotopic (exact) mass is 416 g/mol. The molecule has 1 fully saturated rings. The highest BCUT2D eigenvalue weighted by Gasteiger charge is 2.50. The van der Waals surface area contributed by atoms with E-state index in [0.29, 0.717) is 6.42 Å². The van der Waals surface area contributed by atoms with E-state index in [1.54, 1.807) is 0 Å². The molecule has 5 heteroatoms. The molecular formula is C25H36O5. The van der Waals surface area contributed by atoms with Crippen LogP contribution in [0.4, 0.5) is 0 Å². The van der Waals surface area contributed by atoms with Gasteiger partial charge in [-0.25, -0.2) is 0 Å². The summed E-state index contributed by atoms with van der Waals surface area (Å²) in [6, 6.07) is 3.85. The van der Waals surface area contributed by atoms with Gasteiger partial charge in [-0.1, -0.05) is 25.5 Å². The molecule has 0 saturated heterocycles. The number of phenols is 2. The first-order chi connectivity index (χ1) is 13.8. The highest BCUT2D eigenvalue weighted by atomic mass is 16.3. The van der Waals surface area contributed by atoms with E-state index < -0.39 is 11.5 Å². The lowest BCUT2D eigenvalue weighted by molar-refractivity contribution is -0.120. The van der Waals surface area contributed by atoms with Gasteiger partial charge in [0.25, 0.3) is 0 Å². The normalized spacial score (nSPS) is 25.0. The van der Waals surface area contributed by atoms with Gasteiger partial charge in [-0.2, -0.15) is 0 Å². The molecule has 1 saturated carbocycles. The van der Waals surface area contributed by atoms with Crippen molar-refractivity contribution < 1.29 is 24.9 Å². The minimum Gasteiger partial charge on any atom is -0.508 e. The molecule has 5 nitrogen and oxygen atoms in total. The number of ketones is 2. The Morgan fingerprint density at radius 2 is 1.97 bits per heavy atom. The standard InChI is InChI=1S/C25H36O5/c1-16(8-6-12-24(3,4)30)9-7-13-25(5)15-21(28)22(17(25)2)23(29)19-11-10-18(26)14-20(19)27/h9-11,14,17,22,26-27,30H,6-8,12-13,15H2,1-5H3/b16-9+/t17-,22+,25-/m1/s1. The van der Waals surface area contributed by atoms with Crippen LogP contribution in [0.15, 0.2) is 29.8 Å². The van der Waals surface area contributed by atoms with Crippen LogP contribution in [0.2, 0.25) is 0 Å². The third kappa shape index (κ3) is 5.94. The molecule has 0 amide bonds. The van der Waals surface area contributed by atoms with Gasteiger partial charge in [0, 0.05) is 12.5 Å². The number of phenolic OH excluding ortho intramolecular Hbond substituents is 2. The largest absolute Gasteiger partial charge is 0.508 e. The van der Waals surface area contributed by atoms with Crippen LogP contribution in [0.25, 0.3) is 0 Å². The van der Waals surface area contributed by atoms with Crippen molar-refractivity contribution in [3.8, 4) is 11.5 Å². The maximum absolute atomic E-state index is 13.0. The highest BCUT2D eigenvalue weighted by Crippen LogP contribution is 2.49. The van der Waals surface area contributed by atoms with Gasteiger partial charge >= 0.3 is 0 Å². The molecule has 0 radical (unpaired) electrons. The zero-order valence-electron chi connectivity index (χ0n) is 18.9. The minimum atomic E-state index is -0.762. The summed E-state index contributed by atoms with van der Waals surface area (Å²) < 4.78 is 0. The first kappa shape index (κ1) is 24.1. The summed E-state index contributed by atoms with van der Waals surface area (Å²) in [4.78, 5) is 25.7. The fraction of sp³-hybridized carbons (Fsp3) is 0.600. The van der Waals surface area contributed by atoms with E-state index in [2.05, 4.69) is 19.9 Å². The number of allylic oxidation sites excluding steroid dienone is 2. The number of aromatic hydroxyl groups is 2. The first-order valence-corrected chi connectivity index (χ1v) is 10.8. The molecule has 0 aliphatic heterocycles. The fourth-order valence-electron chi connectivity index (χ4n) is 4.49. The van der Waals surface area contributed by atoms with Crippen molar-refractivity contribution in [1.29, 1.82) is 0 Å². The molecule has 0 heterocycles. The molecule has 0 spiro atoms. The molecule has 3 atom stereocenters. The average molecular weight is 417 g/mol. The zero-order valence-corrected chi connectivity index (χ0v) is 18.9. The maximum Gasteiger partial charge on any atom is 0.177 e. The Morgan fingerprint density at radius 1 is 1.30 bits per heavy atom. The second-order valence-electron chi connectivity index (χ2n) is 9.88. The number of rotatable bonds is 9. The predicted octanol–water partition coefficient (Wildman–Crippen LogP) is 5.18. The van der Waals surface area contributed by atoms with Crippen LogP contribution >= 0.6 is 0 Å². The minimum absolute atomic E-state index is 0.0756. The fourth-order valence-corrected chi connectivity index (χ4v) is 4.49. The second-order valence-corrected chi connectivity index (χ2v) is 9.88. The maximum atomic E-state index is 13.0. The number of benzene rings is 1. The summed E-state index contributed by atoms with van der Waals surface area (Å²) >= 11 is 0. The molecule has 166 valence electrons. The van der Waals surface area contributed by atoms with Crippen molar-refractivity contribution in [3.05, 3.63) is 35.4 Å². The summed E-state index contributed by atoms with van der Waals surface area (Å²) in [5.74, 6) is -1.75. The predicted molar refractivity (Wildman–Crippen MR) is 118 cm³/mol. The van der Waals surface area contributed by atoms with E-state index >= 15 is 0 Å². The molecule has 1 aliphatic carbocycles. The Balaban J connectivity index is 2.01. The van der Waals surface area contributed by atoms with Crippen LogP contribution in [-0.2, 0) is 4.79 Å². The van der Waals surface area contributed by atoms with E-state index in [4.69, 9.17) is 0 Å². The first-order valence-electron chi connectivity index (χ1n) is 10.8. The Hall–Kier alpha value is -2.14. The van der Waals surface area contributed by atoms with E-state index in [1.807, 2.05) is 20.8 Å². The Morgan fingerprint density at radius 3 is 2.57 bits per heavy atom. The summed E-state index contributed by atoms with van der Waals surface area (Å²) in [6.07, 6.45) is 6.85. The number of aliphatic hydroxyl groups is 1. The molecule has 3 N–H and O–H groups in total. The molecule has 1 aromatic rings. The number of carbonyl (C=O) groups excluding carboxylic acids is 2. The summed E-state index contributed by atoms with van der Waals surface area (Å²) in [5.41, 5.74) is 0.459. The van der Waals surface area contributed by atoms with Gasteiger partial charge in [0.15, 0.2) is 5.78 Å². The van der Waals surface area contributed by atoms with Gasteiger partial charge in [0.05, 0.1) is 17.1 Å². The third-order valence-electron chi connectivity index (χ3n) is 6.62. The summed E-state index contributed by atoms with van der Waals surface area (Å²) in [5, 5.41) is 29.3. The van der Waals surface area contributed by atoms with Crippen molar-refractivity contribution in [3.63, 3.8) is 0 Å². The summed E-state index contributed by atoms with van der Waals surface area (Å²) in [7, 11) is 0. The molecule has 0 bridgehead atoms. The van der Waals surface area contributed by atoms with Crippen LogP contribution in [0.1, 0.15) is 83.5 Å². The lowest BCUT2D eigenvalue weighted by Crippen LogP contribution is -2.28. The van der Waals surface area contributed by atoms with E-state index in [-0.39, 0.29) is 40.0 Å². The Kier molecular flexibility index (Phi) is 7.51. The highest BCUT2D eigenvalue weighted by molar-refractivity contribution is 6.13. The van der Waals surface area contributed by atoms with Crippen LogP contribution in [0.3, 0.4) is 0 Å². The summed E-state index contributed by atoms with van der Waals surface area (Å²) in [6.45, 7) is 9.75. The molecule has 30 heavy (non-hydrogen) atoms. The van der Waals surface area contributed by atoms with Gasteiger partial charge < -0.3 is 15.3 Å². The van der Waals surface area contributed by atoms with Crippen LogP contribution in [-0.4, -0.2) is 32.5 Å². The smallest absolute Gasteiger partial charge is 0.177 e. The van der Waals surface area contributed by atoms with Crippen molar-refractivity contribution in [2.45, 2.75) is 78.7 Å². The van der Waals surface area contributed by atoms with Crippen LogP contribution in [0.5, 0.6) is 11.5 Å². The van der Waals surface area contributed by atoms with Crippen LogP contribution in [0, 0.1) is 17.3 Å². The molecule has 2 rings (SSSR count). The molecular weight excluding hydrogens is 380 g/mol. The third-order valence-corrected chi connectivity index (χ3v) is 6.62. The van der Waals surface area contributed by atoms with Gasteiger partial charge in [0.2, 0.25) is 0 Å². The van der Waals surface area contributed by atoms with E-state index in [0.717, 1.165) is 38.2 Å². The SMILES string of the molecule is C/C(=C\CC[C@]1(C)CC(=O)[C@@H](C(=O)c2ccc(O)cc2O)[C@H]1C)CCCC(C)(C)O. The molecule has 0 aromatic heterocycles. The van der Waals surface area contributed by atoms with Gasteiger partial charge in [-0.05, 0) is 76.3 Å². The Bertz CT molecular complexity index is 817. The number of hydrogen-bond donors (Lipinski definition) is 3. The topological polar surface area (TPSA) is 94.8 Å². The van der Waals surface area contributed by atoms with Crippen molar-refractivity contribution in [2.75, 3.05) is 0 Å². The second kappa shape index (κ2) is 9.34. The molecule has 1 aliphatic rings. The number of hydrogen-bond acceptors (Lipinski definition) is 5. The van der Waals surface area contributed by atoms with Gasteiger partial charge in [-0.3, -0.25) is 9.59 Å². The van der Waals surface area contributed by atoms with Crippen molar-refractivity contribution in [1.82, 2.24) is 0 Å². The van der Waals surface area contributed by atoms with Gasteiger partial charge in [0.1, 0.15) is 17.3 Å². The van der Waals surface area contributed by atoms with E-state index in [1.165, 1.54) is 17.7 Å². The van der Waals surface area contributed by atoms with E-state index in [9.17, 15) is 24.9 Å². The lowest BCUT2D eigenvalue weighted by Gasteiger charge is -2.30. The van der Waals surface area contributed by atoms with Gasteiger partial charge in [-0.15, -0.1) is 0 Å². The number of carbonyl (C=O) groups is 2. The average Bonchev–Trinajstić information content (AvgIpc) is 2.82. The molecule has 1 aromatic carbocycles. The van der Waals surface area contributed by atoms with Crippen molar-refractivity contribution >= 4 is 11.6 Å². The van der Waals surface area contributed by atoms with Crippen molar-refractivity contribution in [2.24, 2.45) is 17.3 Å².